The van der Waals surface area contributed by atoms with Crippen molar-refractivity contribution in [2.45, 2.75) is 57.7 Å². The van der Waals surface area contributed by atoms with Gasteiger partial charge in [0.05, 0.1) is 12.2 Å². The molecular weight excluding hydrogens is 427 g/mol. The molecule has 0 bridgehead atoms. The molecule has 1 fully saturated rings. The molecule has 1 atom stereocenters. The van der Waals surface area contributed by atoms with E-state index in [-0.39, 0.29) is 29.6 Å². The number of unbranched alkanes of at least 4 members (excludes halogenated alkanes) is 2. The van der Waals surface area contributed by atoms with Gasteiger partial charge in [0, 0.05) is 12.1 Å². The fraction of sp³-hybridized carbons (Fsp3) is 0.500. The molecule has 0 spiro atoms. The zero-order valence-electron chi connectivity index (χ0n) is 17.8. The minimum Gasteiger partial charge on any atom is -0.493 e. The number of benzene rings is 1. The number of hydrogen-bond acceptors (Lipinski definition) is 5. The molecule has 10 heteroatoms. The van der Waals surface area contributed by atoms with E-state index < -0.39 is 23.9 Å². The lowest BCUT2D eigenvalue weighted by Gasteiger charge is -2.17. The maximum absolute atomic E-state index is 13.6. The summed E-state index contributed by atoms with van der Waals surface area (Å²) in [6.07, 6.45) is 2.95. The highest BCUT2D eigenvalue weighted by molar-refractivity contribution is 5.66. The van der Waals surface area contributed by atoms with E-state index >= 15 is 0 Å². The number of carbonyl (C=O) groups is 1. The van der Waals surface area contributed by atoms with E-state index in [0.29, 0.717) is 25.8 Å². The van der Waals surface area contributed by atoms with E-state index in [1.54, 1.807) is 0 Å². The van der Waals surface area contributed by atoms with Crippen molar-refractivity contribution in [3.63, 3.8) is 0 Å². The Balaban J connectivity index is 1.74. The first kappa shape index (κ1) is 23.6. The Morgan fingerprint density at radius 3 is 2.84 bits per heavy atom. The van der Waals surface area contributed by atoms with E-state index in [0.717, 1.165) is 25.3 Å². The third-order valence-corrected chi connectivity index (χ3v) is 5.20. The first-order chi connectivity index (χ1) is 15.3. The number of carboxylic acid groups (broad SMARTS) is 1. The zero-order chi connectivity index (χ0) is 23.1. The molecule has 1 saturated heterocycles. The van der Waals surface area contributed by atoms with Crippen LogP contribution in [0.15, 0.2) is 34.9 Å². The van der Waals surface area contributed by atoms with Crippen molar-refractivity contribution in [3.05, 3.63) is 41.8 Å². The van der Waals surface area contributed by atoms with Gasteiger partial charge in [-0.05, 0) is 43.9 Å². The SMILES string of the molecule is CCCCC=CCCOc1ccc(-c2noc(C3CCCN3C(=O)O)n2)cc1C(F)(F)F. The van der Waals surface area contributed by atoms with Crippen LogP contribution in [-0.2, 0) is 6.18 Å². The van der Waals surface area contributed by atoms with Gasteiger partial charge in [0.15, 0.2) is 0 Å². The molecule has 174 valence electrons. The number of aromatic nitrogens is 2. The van der Waals surface area contributed by atoms with Crippen LogP contribution in [0.3, 0.4) is 0 Å². The number of alkyl halides is 3. The average molecular weight is 453 g/mol. The topological polar surface area (TPSA) is 88.7 Å². The third-order valence-electron chi connectivity index (χ3n) is 5.20. The molecule has 0 radical (unpaired) electrons. The van der Waals surface area contributed by atoms with E-state index in [4.69, 9.17) is 9.26 Å². The summed E-state index contributed by atoms with van der Waals surface area (Å²) in [7, 11) is 0. The second-order valence-electron chi connectivity index (χ2n) is 7.55. The molecule has 1 aliphatic heterocycles. The Bertz CT molecular complexity index is 943. The normalized spacial score (nSPS) is 16.8. The molecule has 1 unspecified atom stereocenters. The van der Waals surface area contributed by atoms with E-state index in [1.165, 1.54) is 17.0 Å². The average Bonchev–Trinajstić information content (AvgIpc) is 3.42. The van der Waals surface area contributed by atoms with Crippen LogP contribution >= 0.6 is 0 Å². The van der Waals surface area contributed by atoms with Crippen LogP contribution < -0.4 is 4.74 Å². The van der Waals surface area contributed by atoms with Gasteiger partial charge in [-0.2, -0.15) is 18.2 Å². The minimum absolute atomic E-state index is 0.0341. The van der Waals surface area contributed by atoms with Crippen molar-refractivity contribution in [2.24, 2.45) is 0 Å². The summed E-state index contributed by atoms with van der Waals surface area (Å²) in [6.45, 7) is 2.56. The van der Waals surface area contributed by atoms with Crippen molar-refractivity contribution < 1.29 is 32.3 Å². The van der Waals surface area contributed by atoms with Crippen molar-refractivity contribution in [1.82, 2.24) is 15.0 Å². The van der Waals surface area contributed by atoms with Gasteiger partial charge in [-0.25, -0.2) is 4.79 Å². The van der Waals surface area contributed by atoms with E-state index in [9.17, 15) is 23.1 Å². The Morgan fingerprint density at radius 1 is 1.34 bits per heavy atom. The van der Waals surface area contributed by atoms with Crippen molar-refractivity contribution in [3.8, 4) is 17.1 Å². The highest BCUT2D eigenvalue weighted by Crippen LogP contribution is 2.39. The molecule has 1 N–H and O–H groups in total. The van der Waals surface area contributed by atoms with Crippen LogP contribution in [0.5, 0.6) is 5.75 Å². The van der Waals surface area contributed by atoms with Crippen molar-refractivity contribution in [2.75, 3.05) is 13.2 Å². The van der Waals surface area contributed by atoms with Gasteiger partial charge in [0.1, 0.15) is 11.8 Å². The highest BCUT2D eigenvalue weighted by Gasteiger charge is 2.36. The lowest BCUT2D eigenvalue weighted by atomic mass is 10.1. The van der Waals surface area contributed by atoms with Crippen LogP contribution in [0, 0.1) is 0 Å². The molecule has 3 rings (SSSR count). The van der Waals surface area contributed by atoms with Crippen LogP contribution in [0.4, 0.5) is 18.0 Å². The van der Waals surface area contributed by atoms with Gasteiger partial charge in [0.2, 0.25) is 11.7 Å². The van der Waals surface area contributed by atoms with Crippen LogP contribution in [0.25, 0.3) is 11.4 Å². The fourth-order valence-electron chi connectivity index (χ4n) is 3.55. The molecule has 7 nitrogen and oxygen atoms in total. The summed E-state index contributed by atoms with van der Waals surface area (Å²) in [5.74, 6) is -0.225. The summed E-state index contributed by atoms with van der Waals surface area (Å²) < 4.78 is 51.4. The monoisotopic (exact) mass is 453 g/mol. The van der Waals surface area contributed by atoms with Crippen LogP contribution in [0.1, 0.15) is 62.9 Å². The number of amides is 1. The van der Waals surface area contributed by atoms with Gasteiger partial charge in [-0.15, -0.1) is 0 Å². The maximum atomic E-state index is 13.6. The molecule has 0 saturated carbocycles. The zero-order valence-corrected chi connectivity index (χ0v) is 17.8. The first-order valence-corrected chi connectivity index (χ1v) is 10.6. The fourth-order valence-corrected chi connectivity index (χ4v) is 3.55. The quantitative estimate of drug-likeness (QED) is 0.365. The van der Waals surface area contributed by atoms with Crippen molar-refractivity contribution >= 4 is 6.09 Å². The maximum Gasteiger partial charge on any atom is 0.419 e. The van der Waals surface area contributed by atoms with Crippen molar-refractivity contribution in [1.29, 1.82) is 0 Å². The molecule has 2 heterocycles. The minimum atomic E-state index is -4.62. The van der Waals surface area contributed by atoms with E-state index in [1.807, 2.05) is 12.2 Å². The van der Waals surface area contributed by atoms with Gasteiger partial charge < -0.3 is 14.4 Å². The summed E-state index contributed by atoms with van der Waals surface area (Å²) in [4.78, 5) is 16.7. The molecule has 1 aliphatic rings. The Morgan fingerprint density at radius 2 is 2.12 bits per heavy atom. The summed E-state index contributed by atoms with van der Waals surface area (Å²) in [5, 5.41) is 13.0. The van der Waals surface area contributed by atoms with Crippen LogP contribution in [-0.4, -0.2) is 39.4 Å². The molecule has 1 amide bonds. The van der Waals surface area contributed by atoms with Crippen LogP contribution in [0.2, 0.25) is 0 Å². The Labute approximate surface area is 183 Å². The summed E-state index contributed by atoms with van der Waals surface area (Å²) in [6, 6.07) is 3.00. The largest absolute Gasteiger partial charge is 0.493 e. The number of ether oxygens (including phenoxy) is 1. The molecule has 1 aromatic carbocycles. The number of hydrogen-bond donors (Lipinski definition) is 1. The molecule has 2 aromatic rings. The van der Waals surface area contributed by atoms with Gasteiger partial charge in [-0.3, -0.25) is 4.90 Å². The van der Waals surface area contributed by atoms with Gasteiger partial charge >= 0.3 is 12.3 Å². The summed E-state index contributed by atoms with van der Waals surface area (Å²) in [5.41, 5.74) is -0.816. The molecule has 1 aromatic heterocycles. The third kappa shape index (κ3) is 5.80. The number of halogens is 3. The highest BCUT2D eigenvalue weighted by atomic mass is 19.4. The predicted octanol–water partition coefficient (Wildman–Crippen LogP) is 6.09. The number of likely N-dealkylation sites (tertiary alicyclic amines) is 1. The second-order valence-corrected chi connectivity index (χ2v) is 7.55. The molecular formula is C22H26F3N3O4. The standard InChI is InChI=1S/C22H26F3N3O4/c1-2-3-4-5-6-7-13-31-18-11-10-15(14-16(18)22(23,24)25)19-26-20(32-27-19)17-9-8-12-28(17)21(29)30/h5-6,10-11,14,17H,2-4,7-9,12-13H2,1H3,(H,29,30). The Hall–Kier alpha value is -3.04. The first-order valence-electron chi connectivity index (χ1n) is 10.6. The molecule has 0 aliphatic carbocycles. The lowest BCUT2D eigenvalue weighted by molar-refractivity contribution is -0.138. The molecule has 32 heavy (non-hydrogen) atoms. The number of rotatable bonds is 9. The van der Waals surface area contributed by atoms with E-state index in [2.05, 4.69) is 17.1 Å². The van der Waals surface area contributed by atoms with Gasteiger partial charge in [-0.1, -0.05) is 37.1 Å². The second kappa shape index (κ2) is 10.5. The number of allylic oxidation sites excluding steroid dienone is 1. The smallest absolute Gasteiger partial charge is 0.419 e. The number of nitrogens with zero attached hydrogens (tertiary/aromatic N) is 3. The predicted molar refractivity (Wildman–Crippen MR) is 110 cm³/mol. The Kier molecular flexibility index (Phi) is 7.76. The summed E-state index contributed by atoms with van der Waals surface area (Å²) >= 11 is 0. The van der Waals surface area contributed by atoms with Gasteiger partial charge in [0.25, 0.3) is 0 Å². The lowest BCUT2D eigenvalue weighted by Crippen LogP contribution is -2.28.